The lowest BCUT2D eigenvalue weighted by atomic mass is 10.7. The Balaban J connectivity index is 3.14. The number of carbonyl (C=O) groups excluding carboxylic acids is 1. The molecule has 252 valence electrons. The molecule has 15 heteroatoms. The van der Waals surface area contributed by atoms with Crippen molar-refractivity contribution in [3.05, 3.63) is 0 Å². The lowest BCUT2D eigenvalue weighted by Gasteiger charge is -2.09. The molecule has 0 saturated heterocycles. The molecule has 0 atom stereocenters. The summed E-state index contributed by atoms with van der Waals surface area (Å²) in [7, 11) is 3.27. The summed E-state index contributed by atoms with van der Waals surface area (Å²) in [5.74, 6) is 0. The monoisotopic (exact) mass is 618 g/mol. The van der Waals surface area contributed by atoms with E-state index in [1.54, 1.807) is 14.2 Å². The van der Waals surface area contributed by atoms with Gasteiger partial charge < -0.3 is 66.3 Å². The summed E-state index contributed by atoms with van der Waals surface area (Å²) in [4.78, 5) is 11.5. The summed E-state index contributed by atoms with van der Waals surface area (Å²) in [6.45, 7) is 10.5. The lowest BCUT2D eigenvalue weighted by molar-refractivity contribution is -0.0240. The van der Waals surface area contributed by atoms with E-state index in [0.717, 1.165) is 0 Å². The number of hydrogen-bond donors (Lipinski definition) is 0. The first-order chi connectivity index (χ1) is 20.8. The van der Waals surface area contributed by atoms with Crippen LogP contribution in [0.15, 0.2) is 0 Å². The van der Waals surface area contributed by atoms with Gasteiger partial charge in [0.05, 0.1) is 145 Å². The Hall–Kier alpha value is -1.21. The van der Waals surface area contributed by atoms with Crippen molar-refractivity contribution in [3.63, 3.8) is 0 Å². The highest BCUT2D eigenvalue weighted by Crippen LogP contribution is 1.89. The summed E-state index contributed by atoms with van der Waals surface area (Å²) >= 11 is 0. The number of rotatable bonds is 36. The molecule has 0 aromatic rings. The predicted molar refractivity (Wildman–Crippen MR) is 149 cm³/mol. The number of ether oxygens (including phenoxy) is 14. The molecule has 42 heavy (non-hydrogen) atoms. The average Bonchev–Trinajstić information content (AvgIpc) is 3.00. The highest BCUT2D eigenvalue weighted by atomic mass is 16.7. The predicted octanol–water partition coefficient (Wildman–Crippen LogP) is 0.598. The van der Waals surface area contributed by atoms with Crippen LogP contribution >= 0.6 is 0 Å². The molecule has 0 heterocycles. The fraction of sp³-hybridized carbons (Fsp3) is 0.963. The molecule has 0 aromatic heterocycles. The van der Waals surface area contributed by atoms with Crippen LogP contribution in [0.2, 0.25) is 0 Å². The van der Waals surface area contributed by atoms with Crippen molar-refractivity contribution in [3.8, 4) is 0 Å². The van der Waals surface area contributed by atoms with E-state index >= 15 is 0 Å². The van der Waals surface area contributed by atoms with Gasteiger partial charge >= 0.3 is 6.16 Å². The molecule has 0 aliphatic carbocycles. The summed E-state index contributed by atoms with van der Waals surface area (Å²) in [5, 5.41) is 0. The Kier molecular flexibility index (Phi) is 36.7. The molecule has 0 rings (SSSR count). The first kappa shape index (κ1) is 40.8. The van der Waals surface area contributed by atoms with Crippen LogP contribution in [0.25, 0.3) is 0 Å². The summed E-state index contributed by atoms with van der Waals surface area (Å²) in [6, 6.07) is 0. The summed E-state index contributed by atoms with van der Waals surface area (Å²) in [5.41, 5.74) is 0. The van der Waals surface area contributed by atoms with E-state index in [2.05, 4.69) is 0 Å². The molecule has 0 unspecified atom stereocenters. The van der Waals surface area contributed by atoms with Crippen molar-refractivity contribution in [1.82, 2.24) is 0 Å². The van der Waals surface area contributed by atoms with Gasteiger partial charge in [0.1, 0.15) is 13.2 Å². The van der Waals surface area contributed by atoms with Gasteiger partial charge in [-0.15, -0.1) is 0 Å². The molecule has 0 fully saturated rings. The largest absolute Gasteiger partial charge is 0.508 e. The van der Waals surface area contributed by atoms with Crippen LogP contribution in [0, 0.1) is 0 Å². The van der Waals surface area contributed by atoms with Gasteiger partial charge in [0, 0.05) is 14.2 Å². The van der Waals surface area contributed by atoms with Crippen LogP contribution < -0.4 is 0 Å². The fourth-order valence-electron chi connectivity index (χ4n) is 2.66. The fourth-order valence-corrected chi connectivity index (χ4v) is 2.66. The zero-order chi connectivity index (χ0) is 30.4. The van der Waals surface area contributed by atoms with Crippen molar-refractivity contribution in [2.24, 2.45) is 0 Å². The van der Waals surface area contributed by atoms with Gasteiger partial charge in [-0.1, -0.05) is 0 Å². The molecule has 0 aliphatic heterocycles. The van der Waals surface area contributed by atoms with E-state index in [0.29, 0.717) is 132 Å². The van der Waals surface area contributed by atoms with Crippen molar-refractivity contribution < 1.29 is 71.1 Å². The number of hydrogen-bond acceptors (Lipinski definition) is 15. The van der Waals surface area contributed by atoms with Crippen LogP contribution in [-0.4, -0.2) is 179 Å². The van der Waals surface area contributed by atoms with Crippen molar-refractivity contribution in [2.75, 3.05) is 173 Å². The zero-order valence-electron chi connectivity index (χ0n) is 25.6. The molecule has 0 saturated carbocycles. The van der Waals surface area contributed by atoms with E-state index < -0.39 is 6.16 Å². The van der Waals surface area contributed by atoms with Gasteiger partial charge in [0.15, 0.2) is 0 Å². The quantitative estimate of drug-likeness (QED) is 0.0713. The third kappa shape index (κ3) is 36.8. The van der Waals surface area contributed by atoms with E-state index in [-0.39, 0.29) is 26.4 Å². The van der Waals surface area contributed by atoms with E-state index in [1.165, 1.54) is 0 Å². The molecule has 0 amide bonds. The second-order valence-electron chi connectivity index (χ2n) is 8.06. The van der Waals surface area contributed by atoms with Crippen LogP contribution in [0.1, 0.15) is 0 Å². The highest BCUT2D eigenvalue weighted by molar-refractivity contribution is 5.59. The molecule has 0 spiro atoms. The third-order valence-electron chi connectivity index (χ3n) is 4.73. The number of methoxy groups -OCH3 is 2. The SMILES string of the molecule is COCCOCCOCCOCCOCCOCCOC(=O)OCCOCCOCCOCCOCCOCCOC. The van der Waals surface area contributed by atoms with Crippen molar-refractivity contribution in [1.29, 1.82) is 0 Å². The first-order valence-electron chi connectivity index (χ1n) is 14.4. The smallest absolute Gasteiger partial charge is 0.432 e. The molecule has 0 aliphatic rings. The molecular formula is C27H54O15. The molecular weight excluding hydrogens is 564 g/mol. The maximum absolute atomic E-state index is 11.5. The Labute approximate surface area is 250 Å². The van der Waals surface area contributed by atoms with E-state index in [4.69, 9.17) is 66.3 Å². The molecule has 0 aromatic carbocycles. The molecule has 0 bridgehead atoms. The van der Waals surface area contributed by atoms with Gasteiger partial charge in [0.25, 0.3) is 0 Å². The summed E-state index contributed by atoms with van der Waals surface area (Å²) < 4.78 is 73.1. The van der Waals surface area contributed by atoms with Gasteiger partial charge in [-0.25, -0.2) is 4.79 Å². The van der Waals surface area contributed by atoms with E-state index in [9.17, 15) is 4.79 Å². The minimum atomic E-state index is -0.769. The van der Waals surface area contributed by atoms with Gasteiger partial charge in [0.2, 0.25) is 0 Å². The maximum Gasteiger partial charge on any atom is 0.508 e. The minimum absolute atomic E-state index is 0.0888. The zero-order valence-corrected chi connectivity index (χ0v) is 25.6. The molecule has 0 N–H and O–H groups in total. The molecule has 15 nitrogen and oxygen atoms in total. The standard InChI is InChI=1S/C27H54O15/c1-29-3-5-31-7-9-33-11-13-35-15-17-37-19-21-39-23-25-41-27(28)42-26-24-40-22-20-38-18-16-36-14-12-34-10-8-32-6-4-30-2/h3-26H2,1-2H3. The number of carbonyl (C=O) groups is 1. The minimum Gasteiger partial charge on any atom is -0.432 e. The van der Waals surface area contributed by atoms with Crippen molar-refractivity contribution >= 4 is 6.16 Å². The van der Waals surface area contributed by atoms with E-state index in [1.807, 2.05) is 0 Å². The van der Waals surface area contributed by atoms with Gasteiger partial charge in [-0.3, -0.25) is 0 Å². The Morgan fingerprint density at radius 3 is 0.643 bits per heavy atom. The van der Waals surface area contributed by atoms with Gasteiger partial charge in [-0.2, -0.15) is 0 Å². The summed E-state index contributed by atoms with van der Waals surface area (Å²) in [6.07, 6.45) is -0.769. The highest BCUT2D eigenvalue weighted by Gasteiger charge is 2.03. The third-order valence-corrected chi connectivity index (χ3v) is 4.73. The van der Waals surface area contributed by atoms with Gasteiger partial charge in [-0.05, 0) is 0 Å². The van der Waals surface area contributed by atoms with Crippen LogP contribution in [0.5, 0.6) is 0 Å². The Bertz CT molecular complexity index is 474. The van der Waals surface area contributed by atoms with Crippen molar-refractivity contribution in [2.45, 2.75) is 0 Å². The Morgan fingerprint density at radius 2 is 0.452 bits per heavy atom. The Morgan fingerprint density at radius 1 is 0.286 bits per heavy atom. The second-order valence-corrected chi connectivity index (χ2v) is 8.06. The average molecular weight is 619 g/mol. The normalized spacial score (nSPS) is 11.3. The second kappa shape index (κ2) is 37.8. The van der Waals surface area contributed by atoms with Crippen LogP contribution in [0.3, 0.4) is 0 Å². The first-order valence-corrected chi connectivity index (χ1v) is 14.4. The van der Waals surface area contributed by atoms with Crippen LogP contribution in [0.4, 0.5) is 4.79 Å². The van der Waals surface area contributed by atoms with Crippen LogP contribution in [-0.2, 0) is 66.3 Å². The lowest BCUT2D eigenvalue weighted by Crippen LogP contribution is -2.17. The molecule has 0 radical (unpaired) electrons. The topological polar surface area (TPSA) is 146 Å². The maximum atomic E-state index is 11.5.